The van der Waals surface area contributed by atoms with Crippen LogP contribution < -0.4 is 0 Å². The number of nitrogens with zero attached hydrogens (tertiary/aromatic N) is 2. The Labute approximate surface area is 113 Å². The third-order valence-corrected chi connectivity index (χ3v) is 3.85. The molecule has 0 radical (unpaired) electrons. The monoisotopic (exact) mass is 258 g/mol. The molecule has 0 atom stereocenters. The van der Waals surface area contributed by atoms with Gasteiger partial charge in [0.05, 0.1) is 0 Å². The molecule has 2 aliphatic rings. The van der Waals surface area contributed by atoms with Crippen molar-refractivity contribution in [2.24, 2.45) is 5.10 Å². The Morgan fingerprint density at radius 2 is 1.89 bits per heavy atom. The van der Waals surface area contributed by atoms with E-state index in [0.29, 0.717) is 5.90 Å². The number of rotatable bonds is 1. The predicted octanol–water partition coefficient (Wildman–Crippen LogP) is 2.81. The van der Waals surface area contributed by atoms with Gasteiger partial charge in [-0.2, -0.15) is 5.01 Å². The number of amides is 1. The number of hydrogen-bond donors (Lipinski definition) is 0. The van der Waals surface area contributed by atoms with Gasteiger partial charge in [-0.05, 0) is 31.9 Å². The van der Waals surface area contributed by atoms with E-state index in [-0.39, 0.29) is 5.91 Å². The Hall–Kier alpha value is -1.84. The van der Waals surface area contributed by atoms with Crippen LogP contribution in [0.1, 0.15) is 43.7 Å². The minimum absolute atomic E-state index is 0.0518. The fraction of sp³-hybridized carbons (Fsp3) is 0.467. The van der Waals surface area contributed by atoms with Gasteiger partial charge < -0.3 is 4.74 Å². The first-order chi connectivity index (χ1) is 9.11. The van der Waals surface area contributed by atoms with E-state index in [1.54, 1.807) is 6.92 Å². The van der Waals surface area contributed by atoms with Crippen LogP contribution in [0.4, 0.5) is 0 Å². The van der Waals surface area contributed by atoms with Gasteiger partial charge in [0.1, 0.15) is 0 Å². The predicted molar refractivity (Wildman–Crippen MR) is 72.5 cm³/mol. The summed E-state index contributed by atoms with van der Waals surface area (Å²) < 4.78 is 6.06. The zero-order valence-electron chi connectivity index (χ0n) is 11.3. The van der Waals surface area contributed by atoms with E-state index in [9.17, 15) is 4.79 Å². The number of aryl methyl sites for hydroxylation is 1. The summed E-state index contributed by atoms with van der Waals surface area (Å²) in [4.78, 5) is 11.8. The minimum atomic E-state index is -0.522. The van der Waals surface area contributed by atoms with Crippen molar-refractivity contribution in [2.75, 3.05) is 0 Å². The quantitative estimate of drug-likeness (QED) is 0.777. The highest BCUT2D eigenvalue weighted by atomic mass is 16.6. The van der Waals surface area contributed by atoms with Crippen molar-refractivity contribution in [1.29, 1.82) is 0 Å². The van der Waals surface area contributed by atoms with Crippen LogP contribution in [0.25, 0.3) is 0 Å². The molecular weight excluding hydrogens is 240 g/mol. The summed E-state index contributed by atoms with van der Waals surface area (Å²) in [6, 6.07) is 8.03. The summed E-state index contributed by atoms with van der Waals surface area (Å²) in [5.74, 6) is 0.515. The summed E-state index contributed by atoms with van der Waals surface area (Å²) in [6.45, 7) is 3.59. The molecule has 1 aromatic carbocycles. The Kier molecular flexibility index (Phi) is 2.81. The van der Waals surface area contributed by atoms with Crippen molar-refractivity contribution in [3.63, 3.8) is 0 Å². The van der Waals surface area contributed by atoms with E-state index in [0.717, 1.165) is 31.2 Å². The average molecular weight is 258 g/mol. The van der Waals surface area contributed by atoms with Crippen molar-refractivity contribution >= 4 is 11.8 Å². The molecule has 0 aromatic heterocycles. The van der Waals surface area contributed by atoms with Crippen LogP contribution >= 0.6 is 0 Å². The molecule has 1 amide bonds. The lowest BCUT2D eigenvalue weighted by Crippen LogP contribution is -2.44. The van der Waals surface area contributed by atoms with E-state index < -0.39 is 5.72 Å². The molecule has 4 nitrogen and oxygen atoms in total. The largest absolute Gasteiger partial charge is 0.447 e. The van der Waals surface area contributed by atoms with E-state index in [2.05, 4.69) is 5.10 Å². The topological polar surface area (TPSA) is 41.9 Å². The molecule has 0 bridgehead atoms. The number of carbonyl (C=O) groups excluding carboxylic acids is 1. The van der Waals surface area contributed by atoms with Gasteiger partial charge in [-0.25, -0.2) is 0 Å². The Balaban J connectivity index is 1.94. The zero-order valence-corrected chi connectivity index (χ0v) is 11.3. The van der Waals surface area contributed by atoms with Gasteiger partial charge in [0.2, 0.25) is 17.5 Å². The lowest BCUT2D eigenvalue weighted by molar-refractivity contribution is -0.146. The molecule has 1 aliphatic carbocycles. The standard InChI is InChI=1S/C15H18N2O2/c1-11-5-7-13(8-6-11)14-16-17(12(2)18)15(19-14)9-3-4-10-15/h5-8H,3-4,9-10H2,1-2H3. The van der Waals surface area contributed by atoms with Gasteiger partial charge in [0, 0.05) is 25.3 Å². The summed E-state index contributed by atoms with van der Waals surface area (Å²) in [5.41, 5.74) is 1.61. The molecule has 4 heteroatoms. The van der Waals surface area contributed by atoms with Crippen molar-refractivity contribution < 1.29 is 9.53 Å². The molecule has 1 aromatic rings. The van der Waals surface area contributed by atoms with Crippen molar-refractivity contribution in [3.05, 3.63) is 35.4 Å². The second-order valence-electron chi connectivity index (χ2n) is 5.36. The fourth-order valence-electron chi connectivity index (χ4n) is 2.84. The van der Waals surface area contributed by atoms with Gasteiger partial charge in [0.25, 0.3) is 0 Å². The van der Waals surface area contributed by atoms with Crippen LogP contribution in [0, 0.1) is 6.92 Å². The van der Waals surface area contributed by atoms with Gasteiger partial charge in [-0.15, -0.1) is 5.10 Å². The number of benzene rings is 1. The molecule has 1 spiro atoms. The van der Waals surface area contributed by atoms with Crippen LogP contribution in [0.15, 0.2) is 29.4 Å². The molecule has 1 saturated carbocycles. The Bertz CT molecular complexity index is 528. The smallest absolute Gasteiger partial charge is 0.243 e. The molecule has 1 aliphatic heterocycles. The normalized spacial score (nSPS) is 20.5. The first-order valence-electron chi connectivity index (χ1n) is 6.76. The molecule has 3 rings (SSSR count). The fourth-order valence-corrected chi connectivity index (χ4v) is 2.84. The number of hydrazone groups is 1. The van der Waals surface area contributed by atoms with E-state index in [1.807, 2.05) is 31.2 Å². The minimum Gasteiger partial charge on any atom is -0.447 e. The Morgan fingerprint density at radius 1 is 1.26 bits per heavy atom. The lowest BCUT2D eigenvalue weighted by Gasteiger charge is -2.29. The molecule has 1 heterocycles. The van der Waals surface area contributed by atoms with Crippen LogP contribution in [0.3, 0.4) is 0 Å². The first-order valence-corrected chi connectivity index (χ1v) is 6.76. The highest BCUT2D eigenvalue weighted by Crippen LogP contribution is 2.41. The molecular formula is C15H18N2O2. The second kappa shape index (κ2) is 4.37. The molecule has 100 valence electrons. The van der Waals surface area contributed by atoms with Gasteiger partial charge >= 0.3 is 0 Å². The van der Waals surface area contributed by atoms with Crippen LogP contribution in [-0.4, -0.2) is 22.5 Å². The Morgan fingerprint density at radius 3 is 2.47 bits per heavy atom. The number of ether oxygens (including phenoxy) is 1. The van der Waals surface area contributed by atoms with E-state index >= 15 is 0 Å². The maximum atomic E-state index is 11.8. The second-order valence-corrected chi connectivity index (χ2v) is 5.36. The number of carbonyl (C=O) groups is 1. The maximum Gasteiger partial charge on any atom is 0.243 e. The summed E-state index contributed by atoms with van der Waals surface area (Å²) in [7, 11) is 0. The van der Waals surface area contributed by atoms with Crippen LogP contribution in [0.2, 0.25) is 0 Å². The highest BCUT2D eigenvalue weighted by Gasteiger charge is 2.49. The molecule has 0 N–H and O–H groups in total. The van der Waals surface area contributed by atoms with Crippen molar-refractivity contribution in [1.82, 2.24) is 5.01 Å². The van der Waals surface area contributed by atoms with Gasteiger partial charge in [-0.3, -0.25) is 4.79 Å². The van der Waals surface area contributed by atoms with Crippen molar-refractivity contribution in [3.8, 4) is 0 Å². The van der Waals surface area contributed by atoms with Crippen LogP contribution in [0.5, 0.6) is 0 Å². The van der Waals surface area contributed by atoms with Crippen molar-refractivity contribution in [2.45, 2.75) is 45.3 Å². The lowest BCUT2D eigenvalue weighted by atomic mass is 10.1. The average Bonchev–Trinajstić information content (AvgIpc) is 2.99. The molecule has 0 unspecified atom stereocenters. The third kappa shape index (κ3) is 2.01. The van der Waals surface area contributed by atoms with E-state index in [1.165, 1.54) is 10.6 Å². The van der Waals surface area contributed by atoms with Gasteiger partial charge in [0.15, 0.2) is 0 Å². The zero-order chi connectivity index (χ0) is 13.5. The highest BCUT2D eigenvalue weighted by molar-refractivity contribution is 5.96. The summed E-state index contributed by atoms with van der Waals surface area (Å²) in [6.07, 6.45) is 3.90. The number of hydrogen-bond acceptors (Lipinski definition) is 3. The van der Waals surface area contributed by atoms with Gasteiger partial charge in [-0.1, -0.05) is 17.7 Å². The molecule has 19 heavy (non-hydrogen) atoms. The first kappa shape index (κ1) is 12.2. The van der Waals surface area contributed by atoms with E-state index in [4.69, 9.17) is 4.74 Å². The summed E-state index contributed by atoms with van der Waals surface area (Å²) >= 11 is 0. The molecule has 1 fully saturated rings. The maximum absolute atomic E-state index is 11.8. The SMILES string of the molecule is CC(=O)N1N=C(c2ccc(C)cc2)OC12CCCC2. The molecule has 0 saturated heterocycles. The third-order valence-electron chi connectivity index (χ3n) is 3.85. The summed E-state index contributed by atoms with van der Waals surface area (Å²) in [5, 5.41) is 5.94. The van der Waals surface area contributed by atoms with Crippen LogP contribution in [-0.2, 0) is 9.53 Å².